The van der Waals surface area contributed by atoms with Gasteiger partial charge in [0.15, 0.2) is 11.0 Å². The van der Waals surface area contributed by atoms with Gasteiger partial charge in [-0.25, -0.2) is 14.7 Å². The van der Waals surface area contributed by atoms with Crippen LogP contribution in [0.5, 0.6) is 5.75 Å². The smallest absolute Gasteiger partial charge is 0.406 e. The van der Waals surface area contributed by atoms with Crippen molar-refractivity contribution < 1.29 is 17.9 Å². The Bertz CT molecular complexity index is 1440. The third kappa shape index (κ3) is 8.22. The van der Waals surface area contributed by atoms with Crippen LogP contribution in [-0.2, 0) is 0 Å². The molecule has 4 rings (SSSR count). The summed E-state index contributed by atoms with van der Waals surface area (Å²) in [4.78, 5) is 8.84. The van der Waals surface area contributed by atoms with Gasteiger partial charge >= 0.3 is 6.36 Å². The second-order valence-electron chi connectivity index (χ2n) is 7.88. The highest BCUT2D eigenvalue weighted by atomic mass is 35.5. The summed E-state index contributed by atoms with van der Waals surface area (Å²) < 4.78 is 42.4. The van der Waals surface area contributed by atoms with Crippen molar-refractivity contribution in [2.45, 2.75) is 19.7 Å². The maximum Gasteiger partial charge on any atom is 0.573 e. The number of halogens is 5. The van der Waals surface area contributed by atoms with Gasteiger partial charge in [0, 0.05) is 11.3 Å². The van der Waals surface area contributed by atoms with Gasteiger partial charge in [0.05, 0.1) is 21.9 Å². The van der Waals surface area contributed by atoms with Crippen LogP contribution in [-0.4, -0.2) is 38.3 Å². The molecular weight excluding hydrogens is 572 g/mol. The Balaban J connectivity index is 1.42. The fourth-order valence-corrected chi connectivity index (χ4v) is 4.34. The van der Waals surface area contributed by atoms with Gasteiger partial charge in [-0.2, -0.15) is 5.10 Å². The van der Waals surface area contributed by atoms with E-state index in [2.05, 4.69) is 37.3 Å². The molecule has 13 heteroatoms. The average Bonchev–Trinajstić information content (AvgIpc) is 3.39. The maximum absolute atomic E-state index is 12.4. The lowest BCUT2D eigenvalue weighted by molar-refractivity contribution is -0.274. The number of hydrazone groups is 1. The Morgan fingerprint density at radius 1 is 1.05 bits per heavy atom. The topological polar surface area (TPSA) is 76.7 Å². The van der Waals surface area contributed by atoms with Crippen LogP contribution in [0.4, 0.5) is 18.9 Å². The molecular formula is C26H21Cl2F3N6OS. The number of rotatable bonds is 8. The van der Waals surface area contributed by atoms with Crippen molar-refractivity contribution in [1.82, 2.24) is 20.2 Å². The molecule has 7 nitrogen and oxygen atoms in total. The largest absolute Gasteiger partial charge is 0.573 e. The van der Waals surface area contributed by atoms with Crippen LogP contribution in [0.2, 0.25) is 10.0 Å². The van der Waals surface area contributed by atoms with Crippen LogP contribution in [0.25, 0.3) is 17.1 Å². The van der Waals surface area contributed by atoms with Crippen molar-refractivity contribution in [2.75, 3.05) is 5.75 Å². The van der Waals surface area contributed by atoms with Crippen LogP contribution in [0.3, 0.4) is 0 Å². The Labute approximate surface area is 236 Å². The minimum absolute atomic E-state index is 0.312. The molecule has 1 heterocycles. The zero-order chi connectivity index (χ0) is 27.8. The van der Waals surface area contributed by atoms with E-state index in [0.29, 0.717) is 32.4 Å². The molecule has 0 aliphatic carbocycles. The number of alkyl halides is 3. The summed E-state index contributed by atoms with van der Waals surface area (Å²) in [6, 6.07) is 17.9. The number of hydrogen-bond acceptors (Lipinski definition) is 6. The summed E-state index contributed by atoms with van der Waals surface area (Å²) in [6.07, 6.45) is -0.664. The van der Waals surface area contributed by atoms with Crippen LogP contribution in [0.15, 0.2) is 83.2 Å². The molecule has 3 aromatic carbocycles. The summed E-state index contributed by atoms with van der Waals surface area (Å²) in [5.41, 5.74) is 5.54. The van der Waals surface area contributed by atoms with Crippen molar-refractivity contribution in [1.29, 1.82) is 0 Å². The molecule has 0 fully saturated rings. The normalized spacial score (nSPS) is 12.2. The number of benzene rings is 3. The molecule has 0 unspecified atom stereocenters. The zero-order valence-electron chi connectivity index (χ0n) is 20.4. The van der Waals surface area contributed by atoms with Crippen LogP contribution in [0, 0.1) is 0 Å². The first-order valence-corrected chi connectivity index (χ1v) is 13.3. The molecule has 0 atom stereocenters. The monoisotopic (exact) mass is 592 g/mol. The summed E-state index contributed by atoms with van der Waals surface area (Å²) in [5, 5.41) is 10.2. The van der Waals surface area contributed by atoms with Gasteiger partial charge in [0.1, 0.15) is 17.8 Å². The molecule has 0 saturated carbocycles. The average molecular weight is 593 g/mol. The van der Waals surface area contributed by atoms with Crippen molar-refractivity contribution in [3.05, 3.63) is 88.7 Å². The van der Waals surface area contributed by atoms with E-state index in [1.807, 2.05) is 24.3 Å². The van der Waals surface area contributed by atoms with Gasteiger partial charge in [-0.3, -0.25) is 5.43 Å². The lowest BCUT2D eigenvalue weighted by atomic mass is 10.1. The Hall–Kier alpha value is -3.54. The molecule has 0 amide bonds. The predicted molar refractivity (Wildman–Crippen MR) is 151 cm³/mol. The summed E-state index contributed by atoms with van der Waals surface area (Å²) in [5.74, 6) is 0.978. The second-order valence-corrected chi connectivity index (χ2v) is 9.78. The maximum atomic E-state index is 12.4. The van der Waals surface area contributed by atoms with E-state index in [4.69, 9.17) is 23.2 Å². The first-order valence-electron chi connectivity index (χ1n) is 11.5. The molecule has 202 valence electrons. The van der Waals surface area contributed by atoms with Crippen LogP contribution >= 0.6 is 35.0 Å². The quantitative estimate of drug-likeness (QED) is 0.128. The summed E-state index contributed by atoms with van der Waals surface area (Å²) >= 11 is 14.0. The van der Waals surface area contributed by atoms with Gasteiger partial charge in [-0.05, 0) is 48.4 Å². The summed E-state index contributed by atoms with van der Waals surface area (Å²) in [7, 11) is 0. The van der Waals surface area contributed by atoms with Crippen molar-refractivity contribution in [2.24, 2.45) is 10.1 Å². The van der Waals surface area contributed by atoms with Crippen molar-refractivity contribution >= 4 is 52.0 Å². The highest BCUT2D eigenvalue weighted by Crippen LogP contribution is 2.33. The molecule has 4 aromatic rings. The third-order valence-corrected chi connectivity index (χ3v) is 6.64. The number of thioether (sulfide) groups is 1. The molecule has 0 radical (unpaired) electrons. The van der Waals surface area contributed by atoms with Gasteiger partial charge < -0.3 is 4.74 Å². The number of para-hydroxylation sites is 1. The highest BCUT2D eigenvalue weighted by Gasteiger charge is 2.31. The fraction of sp³-hybridized carbons (Fsp3) is 0.154. The summed E-state index contributed by atoms with van der Waals surface area (Å²) in [6.45, 7) is 2.07. The minimum atomic E-state index is -4.75. The number of nitrogens with zero attached hydrogens (tertiary/aromatic N) is 5. The van der Waals surface area contributed by atoms with E-state index in [-0.39, 0.29) is 5.75 Å². The number of amidine groups is 1. The van der Waals surface area contributed by atoms with Crippen molar-refractivity contribution in [3.63, 3.8) is 0 Å². The number of aliphatic imine (C=N–C) groups is 1. The number of ether oxygens (including phenoxy) is 1. The fourth-order valence-electron chi connectivity index (χ4n) is 3.19. The van der Waals surface area contributed by atoms with E-state index in [1.165, 1.54) is 47.0 Å². The van der Waals surface area contributed by atoms with E-state index >= 15 is 0 Å². The van der Waals surface area contributed by atoms with Crippen LogP contribution < -0.4 is 10.2 Å². The molecule has 0 aliphatic rings. The molecule has 0 spiro atoms. The molecule has 0 aliphatic heterocycles. The number of hydrogen-bond donors (Lipinski definition) is 1. The van der Waals surface area contributed by atoms with Gasteiger partial charge in [-0.15, -0.1) is 18.3 Å². The van der Waals surface area contributed by atoms with Gasteiger partial charge in [0.25, 0.3) is 0 Å². The van der Waals surface area contributed by atoms with E-state index in [0.717, 1.165) is 23.3 Å². The Kier molecular flexibility index (Phi) is 9.50. The lowest BCUT2D eigenvalue weighted by Gasteiger charge is -2.09. The Morgan fingerprint density at radius 2 is 1.74 bits per heavy atom. The highest BCUT2D eigenvalue weighted by molar-refractivity contribution is 8.13. The second kappa shape index (κ2) is 13.0. The first-order chi connectivity index (χ1) is 18.7. The Morgan fingerprint density at radius 3 is 2.38 bits per heavy atom. The molecule has 39 heavy (non-hydrogen) atoms. The van der Waals surface area contributed by atoms with E-state index in [9.17, 15) is 13.2 Å². The van der Waals surface area contributed by atoms with Crippen molar-refractivity contribution in [3.8, 4) is 22.8 Å². The molecule has 0 saturated heterocycles. The van der Waals surface area contributed by atoms with Gasteiger partial charge in [-0.1, -0.05) is 72.2 Å². The molecule has 1 N–H and O–H groups in total. The predicted octanol–water partition coefficient (Wildman–Crippen LogP) is 7.89. The van der Waals surface area contributed by atoms with Crippen LogP contribution in [0.1, 0.15) is 18.9 Å². The zero-order valence-corrected chi connectivity index (χ0v) is 22.7. The van der Waals surface area contributed by atoms with E-state index < -0.39 is 6.36 Å². The van der Waals surface area contributed by atoms with Gasteiger partial charge in [0.2, 0.25) is 0 Å². The standard InChI is InChI=1S/C26H21Cl2F3N6OS/c1-2-14-39-25(34-23-21(27)4-3-5-22(23)28)35-33-15-17-6-8-18(9-7-17)24-32-16-37(36-24)19-10-12-20(13-11-19)38-26(29,30)31/h3-13,15-16H,2,14H2,1H3,(H,34,35)/b33-15+. The SMILES string of the molecule is CCCS/C(=N\c1c(Cl)cccc1Cl)N/N=C/c1ccc(-c2ncn(-c3ccc(OC(F)(F)F)cc3)n2)cc1. The lowest BCUT2D eigenvalue weighted by Crippen LogP contribution is -2.17. The number of aromatic nitrogens is 3. The van der Waals surface area contributed by atoms with E-state index in [1.54, 1.807) is 24.4 Å². The molecule has 1 aromatic heterocycles. The number of nitrogens with one attached hydrogen (secondary N) is 1. The minimum Gasteiger partial charge on any atom is -0.406 e. The first kappa shape index (κ1) is 28.5. The third-order valence-electron chi connectivity index (χ3n) is 4.96. The molecule has 0 bridgehead atoms.